The molecule has 1 saturated heterocycles. The molecule has 0 unspecified atom stereocenters. The maximum atomic E-state index is 13.6. The Hall–Kier alpha value is -2.91. The molecule has 9 heteroatoms. The highest BCUT2D eigenvalue weighted by molar-refractivity contribution is 6.08. The number of ether oxygens (including phenoxy) is 2. The van der Waals surface area contributed by atoms with Crippen LogP contribution in [-0.4, -0.2) is 36.7 Å². The second-order valence-electron chi connectivity index (χ2n) is 6.08. The first-order chi connectivity index (χ1) is 12.8. The van der Waals surface area contributed by atoms with E-state index in [-0.39, 0.29) is 35.6 Å². The molecule has 2 aromatic rings. The summed E-state index contributed by atoms with van der Waals surface area (Å²) in [5.41, 5.74) is 0.825. The largest absolute Gasteiger partial charge is 0.480 e. The van der Waals surface area contributed by atoms with E-state index in [0.29, 0.717) is 0 Å². The number of halogens is 3. The van der Waals surface area contributed by atoms with Crippen molar-refractivity contribution in [2.75, 3.05) is 24.7 Å². The highest BCUT2D eigenvalue weighted by Gasteiger charge is 2.56. The molecule has 1 N–H and O–H groups in total. The van der Waals surface area contributed by atoms with Crippen molar-refractivity contribution in [1.29, 1.82) is 0 Å². The quantitative estimate of drug-likeness (QED) is 0.829. The number of hydrogen-bond donors (Lipinski definition) is 1. The maximum Gasteiger partial charge on any atom is 0.323 e. The highest BCUT2D eigenvalue weighted by Crippen LogP contribution is 2.47. The summed E-state index contributed by atoms with van der Waals surface area (Å²) in [5, 5.41) is 9.07. The fourth-order valence-electron chi connectivity index (χ4n) is 3.32. The Morgan fingerprint density at radius 3 is 2.30 bits per heavy atom. The summed E-state index contributed by atoms with van der Waals surface area (Å²) >= 11 is 0. The van der Waals surface area contributed by atoms with Crippen LogP contribution in [0.5, 0.6) is 0 Å². The molecule has 0 atom stereocenters. The number of carboxylic acid groups (broad SMARTS) is 1. The SMILES string of the molecule is O=C(O)CN1C(=O)C2(OCCO2)c2cc(-c3cc(F)c(F)c(F)c3)ccc21. The first-order valence-electron chi connectivity index (χ1n) is 7.94. The van der Waals surface area contributed by atoms with Crippen LogP contribution in [0.15, 0.2) is 30.3 Å². The molecule has 2 aliphatic rings. The van der Waals surface area contributed by atoms with Gasteiger partial charge in [0, 0.05) is 5.56 Å². The fourth-order valence-corrected chi connectivity index (χ4v) is 3.32. The second kappa shape index (κ2) is 6.07. The van der Waals surface area contributed by atoms with E-state index in [9.17, 15) is 22.8 Å². The molecule has 0 aromatic heterocycles. The van der Waals surface area contributed by atoms with Crippen LogP contribution in [0.25, 0.3) is 11.1 Å². The molecule has 1 fully saturated rings. The predicted octanol–water partition coefficient (Wildman–Crippen LogP) is 2.40. The van der Waals surface area contributed by atoms with E-state index >= 15 is 0 Å². The van der Waals surface area contributed by atoms with E-state index in [1.165, 1.54) is 18.2 Å². The van der Waals surface area contributed by atoms with E-state index in [4.69, 9.17) is 14.6 Å². The zero-order valence-corrected chi connectivity index (χ0v) is 13.7. The monoisotopic (exact) mass is 379 g/mol. The molecule has 2 aliphatic heterocycles. The van der Waals surface area contributed by atoms with Crippen molar-refractivity contribution >= 4 is 17.6 Å². The van der Waals surface area contributed by atoms with Gasteiger partial charge < -0.3 is 14.6 Å². The minimum absolute atomic E-state index is 0.0477. The molecular formula is C18H12F3NO5. The molecule has 6 nitrogen and oxygen atoms in total. The van der Waals surface area contributed by atoms with Gasteiger partial charge in [0.25, 0.3) is 11.7 Å². The number of benzene rings is 2. The summed E-state index contributed by atoms with van der Waals surface area (Å²) < 4.78 is 51.3. The molecule has 0 aliphatic carbocycles. The number of nitrogens with zero attached hydrogens (tertiary/aromatic N) is 1. The highest BCUT2D eigenvalue weighted by atomic mass is 19.2. The number of carbonyl (C=O) groups excluding carboxylic acids is 1. The van der Waals surface area contributed by atoms with Crippen LogP contribution in [0.3, 0.4) is 0 Å². The Labute approximate surface area is 150 Å². The topological polar surface area (TPSA) is 76.1 Å². The molecule has 2 aromatic carbocycles. The van der Waals surface area contributed by atoms with Crippen molar-refractivity contribution in [2.24, 2.45) is 0 Å². The Kier molecular flexibility index (Phi) is 3.93. The summed E-state index contributed by atoms with van der Waals surface area (Å²) in [5.74, 6) is -7.99. The molecule has 0 radical (unpaired) electrons. The summed E-state index contributed by atoms with van der Waals surface area (Å²) in [6.07, 6.45) is 0. The van der Waals surface area contributed by atoms with E-state index < -0.39 is 41.7 Å². The van der Waals surface area contributed by atoms with Gasteiger partial charge in [0.05, 0.1) is 18.9 Å². The van der Waals surface area contributed by atoms with E-state index in [1.807, 2.05) is 0 Å². The van der Waals surface area contributed by atoms with Crippen molar-refractivity contribution in [1.82, 2.24) is 0 Å². The fraction of sp³-hybridized carbons (Fsp3) is 0.222. The lowest BCUT2D eigenvalue weighted by molar-refractivity contribution is -0.181. The van der Waals surface area contributed by atoms with Crippen molar-refractivity contribution in [2.45, 2.75) is 5.79 Å². The van der Waals surface area contributed by atoms with Gasteiger partial charge in [0.2, 0.25) is 0 Å². The van der Waals surface area contributed by atoms with Gasteiger partial charge in [-0.15, -0.1) is 0 Å². The van der Waals surface area contributed by atoms with Crippen molar-refractivity contribution in [3.05, 3.63) is 53.3 Å². The molecular weight excluding hydrogens is 367 g/mol. The summed E-state index contributed by atoms with van der Waals surface area (Å²) in [7, 11) is 0. The molecule has 2 heterocycles. The van der Waals surface area contributed by atoms with Crippen molar-refractivity contribution < 1.29 is 37.3 Å². The van der Waals surface area contributed by atoms with E-state index in [1.54, 1.807) is 0 Å². The van der Waals surface area contributed by atoms with Crippen molar-refractivity contribution in [3.8, 4) is 11.1 Å². The summed E-state index contributed by atoms with van der Waals surface area (Å²) in [4.78, 5) is 24.9. The summed E-state index contributed by atoms with van der Waals surface area (Å²) in [6, 6.07) is 5.96. The van der Waals surface area contributed by atoms with Crippen LogP contribution in [-0.2, 0) is 24.8 Å². The van der Waals surface area contributed by atoms with Gasteiger partial charge >= 0.3 is 5.97 Å². The number of carboxylic acids is 1. The lowest BCUT2D eigenvalue weighted by Crippen LogP contribution is -2.43. The Morgan fingerprint density at radius 1 is 1.07 bits per heavy atom. The first-order valence-corrected chi connectivity index (χ1v) is 7.94. The van der Waals surface area contributed by atoms with Crippen LogP contribution in [0.4, 0.5) is 18.9 Å². The standard InChI is InChI=1S/C18H12F3NO5/c19-12-6-10(7-13(20)16(12)21)9-1-2-14-11(5-9)18(26-3-4-27-18)17(25)22(14)8-15(23)24/h1-2,5-7H,3-4,8H2,(H,23,24). The van der Waals surface area contributed by atoms with Gasteiger partial charge in [-0.2, -0.15) is 0 Å². The number of rotatable bonds is 3. The third-order valence-electron chi connectivity index (χ3n) is 4.47. The third kappa shape index (κ3) is 2.58. The molecule has 1 amide bonds. The minimum Gasteiger partial charge on any atom is -0.480 e. The van der Waals surface area contributed by atoms with Crippen LogP contribution < -0.4 is 4.90 Å². The summed E-state index contributed by atoms with van der Waals surface area (Å²) in [6.45, 7) is -0.355. The number of amides is 1. The average Bonchev–Trinajstić information content (AvgIpc) is 3.20. The van der Waals surface area contributed by atoms with Gasteiger partial charge in [-0.1, -0.05) is 6.07 Å². The second-order valence-corrected chi connectivity index (χ2v) is 6.08. The van der Waals surface area contributed by atoms with E-state index in [2.05, 4.69) is 0 Å². The van der Waals surface area contributed by atoms with Crippen LogP contribution in [0.2, 0.25) is 0 Å². The molecule has 4 rings (SSSR count). The van der Waals surface area contributed by atoms with Crippen LogP contribution in [0.1, 0.15) is 5.56 Å². The number of fused-ring (bicyclic) bond motifs is 2. The van der Waals surface area contributed by atoms with Crippen molar-refractivity contribution in [3.63, 3.8) is 0 Å². The van der Waals surface area contributed by atoms with Gasteiger partial charge in [-0.3, -0.25) is 14.5 Å². The number of hydrogen-bond acceptors (Lipinski definition) is 4. The Balaban J connectivity index is 1.86. The Morgan fingerprint density at radius 2 is 1.70 bits per heavy atom. The number of anilines is 1. The lowest BCUT2D eigenvalue weighted by atomic mass is 9.99. The van der Waals surface area contributed by atoms with E-state index in [0.717, 1.165) is 17.0 Å². The zero-order valence-electron chi connectivity index (χ0n) is 13.7. The number of aliphatic carboxylic acids is 1. The van der Waals surface area contributed by atoms with Gasteiger partial charge in [-0.25, -0.2) is 13.2 Å². The smallest absolute Gasteiger partial charge is 0.323 e. The maximum absolute atomic E-state index is 13.6. The third-order valence-corrected chi connectivity index (χ3v) is 4.47. The number of carbonyl (C=O) groups is 2. The average molecular weight is 379 g/mol. The normalized spacial score (nSPS) is 17.6. The first kappa shape index (κ1) is 17.5. The van der Waals surface area contributed by atoms with Gasteiger partial charge in [0.15, 0.2) is 17.5 Å². The molecule has 27 heavy (non-hydrogen) atoms. The lowest BCUT2D eigenvalue weighted by Gasteiger charge is -2.21. The molecule has 140 valence electrons. The van der Waals surface area contributed by atoms with Gasteiger partial charge in [-0.05, 0) is 35.4 Å². The van der Waals surface area contributed by atoms with Gasteiger partial charge in [0.1, 0.15) is 6.54 Å². The predicted molar refractivity (Wildman–Crippen MR) is 85.3 cm³/mol. The minimum atomic E-state index is -1.79. The molecule has 1 spiro atoms. The van der Waals surface area contributed by atoms with Crippen LogP contribution in [0, 0.1) is 17.5 Å². The Bertz CT molecular complexity index is 948. The van der Waals surface area contributed by atoms with Crippen LogP contribution >= 0.6 is 0 Å². The zero-order chi connectivity index (χ0) is 19.3. The molecule has 0 bridgehead atoms. The molecule has 0 saturated carbocycles.